The Labute approximate surface area is 131 Å². The highest BCUT2D eigenvalue weighted by Crippen LogP contribution is 2.32. The number of carbonyl (C=O) groups is 1. The molecular weight excluding hydrogens is 313 g/mol. The molecule has 0 N–H and O–H groups in total. The lowest BCUT2D eigenvalue weighted by Crippen LogP contribution is -2.33. The fourth-order valence-corrected chi connectivity index (χ4v) is 3.01. The van der Waals surface area contributed by atoms with Gasteiger partial charge in [0.2, 0.25) is 0 Å². The zero-order valence-electron chi connectivity index (χ0n) is 12.8. The van der Waals surface area contributed by atoms with Gasteiger partial charge in [-0.05, 0) is 12.3 Å². The Morgan fingerprint density at radius 2 is 2.04 bits per heavy atom. The van der Waals surface area contributed by atoms with Crippen LogP contribution in [0.3, 0.4) is 0 Å². The predicted octanol–water partition coefficient (Wildman–Crippen LogP) is 2.95. The Bertz CT molecular complexity index is 607. The van der Waals surface area contributed by atoms with Crippen molar-refractivity contribution in [2.45, 2.75) is 50.7 Å². The third-order valence-corrected chi connectivity index (χ3v) is 4.21. The van der Waals surface area contributed by atoms with Crippen LogP contribution in [0.15, 0.2) is 17.2 Å². The molecule has 23 heavy (non-hydrogen) atoms. The number of halogens is 3. The van der Waals surface area contributed by atoms with Crippen LogP contribution in [0.4, 0.5) is 13.2 Å². The first kappa shape index (κ1) is 17.5. The molecule has 1 aromatic heterocycles. The summed E-state index contributed by atoms with van der Waals surface area (Å²) in [7, 11) is 1.16. The molecule has 2 rings (SSSR count). The Balaban J connectivity index is 2.34. The maximum Gasteiger partial charge on any atom is 0.434 e. The number of ether oxygens (including phenoxy) is 1. The first-order chi connectivity index (χ1) is 10.8. The van der Waals surface area contributed by atoms with Crippen LogP contribution in [-0.2, 0) is 15.7 Å². The van der Waals surface area contributed by atoms with Crippen molar-refractivity contribution in [3.05, 3.63) is 28.4 Å². The van der Waals surface area contributed by atoms with Gasteiger partial charge >= 0.3 is 12.1 Å². The highest BCUT2D eigenvalue weighted by atomic mass is 19.4. The van der Waals surface area contributed by atoms with Crippen molar-refractivity contribution in [2.75, 3.05) is 7.11 Å². The van der Waals surface area contributed by atoms with Gasteiger partial charge in [-0.3, -0.25) is 9.36 Å². The van der Waals surface area contributed by atoms with E-state index in [9.17, 15) is 22.8 Å². The minimum absolute atomic E-state index is 0.197. The molecule has 0 spiro atoms. The Hall–Kier alpha value is -1.86. The number of hydrogen-bond acceptors (Lipinski definition) is 4. The van der Waals surface area contributed by atoms with E-state index in [0.29, 0.717) is 18.8 Å². The highest BCUT2D eigenvalue weighted by Gasteiger charge is 2.35. The van der Waals surface area contributed by atoms with Crippen molar-refractivity contribution in [3.63, 3.8) is 0 Å². The van der Waals surface area contributed by atoms with Crippen LogP contribution in [0.2, 0.25) is 0 Å². The van der Waals surface area contributed by atoms with Crippen LogP contribution in [0.5, 0.6) is 0 Å². The summed E-state index contributed by atoms with van der Waals surface area (Å²) in [5, 5.41) is 0. The van der Waals surface area contributed by atoms with E-state index in [2.05, 4.69) is 9.72 Å². The van der Waals surface area contributed by atoms with E-state index in [1.165, 1.54) is 0 Å². The largest absolute Gasteiger partial charge is 0.467 e. The van der Waals surface area contributed by atoms with E-state index >= 15 is 0 Å². The van der Waals surface area contributed by atoms with Crippen molar-refractivity contribution in [3.8, 4) is 0 Å². The second kappa shape index (κ2) is 7.14. The summed E-state index contributed by atoms with van der Waals surface area (Å²) in [6, 6.07) is -1.06. The van der Waals surface area contributed by atoms with Gasteiger partial charge in [-0.25, -0.2) is 9.78 Å². The fourth-order valence-electron chi connectivity index (χ4n) is 3.01. The number of methoxy groups -OCH3 is 1. The number of carbonyl (C=O) groups excluding carboxylic acids is 1. The molecule has 0 radical (unpaired) electrons. The van der Waals surface area contributed by atoms with Gasteiger partial charge in [0.05, 0.1) is 13.3 Å². The second-order valence-electron chi connectivity index (χ2n) is 5.79. The molecule has 1 atom stereocenters. The average molecular weight is 332 g/mol. The molecule has 1 aromatic rings. The molecule has 0 aliphatic heterocycles. The van der Waals surface area contributed by atoms with E-state index in [0.717, 1.165) is 43.8 Å². The van der Waals surface area contributed by atoms with Crippen molar-refractivity contribution in [2.24, 2.45) is 5.92 Å². The molecule has 128 valence electrons. The summed E-state index contributed by atoms with van der Waals surface area (Å²) in [5.41, 5.74) is -1.95. The maximum absolute atomic E-state index is 12.8. The number of hydrogen-bond donors (Lipinski definition) is 0. The minimum atomic E-state index is -4.68. The number of nitrogens with zero attached hydrogens (tertiary/aromatic N) is 2. The van der Waals surface area contributed by atoms with Crippen LogP contribution >= 0.6 is 0 Å². The Kier molecular flexibility index (Phi) is 5.43. The van der Waals surface area contributed by atoms with Crippen molar-refractivity contribution < 1.29 is 22.7 Å². The molecule has 0 saturated heterocycles. The van der Waals surface area contributed by atoms with Gasteiger partial charge < -0.3 is 4.74 Å². The number of esters is 1. The molecule has 5 nitrogen and oxygen atoms in total. The lowest BCUT2D eigenvalue weighted by atomic mass is 9.84. The molecule has 8 heteroatoms. The Morgan fingerprint density at radius 3 is 2.61 bits per heavy atom. The molecule has 1 aliphatic rings. The molecule has 1 heterocycles. The highest BCUT2D eigenvalue weighted by molar-refractivity contribution is 5.74. The van der Waals surface area contributed by atoms with Gasteiger partial charge in [0.15, 0.2) is 5.69 Å². The zero-order chi connectivity index (χ0) is 17.0. The molecule has 1 aliphatic carbocycles. The van der Waals surface area contributed by atoms with Gasteiger partial charge in [0.25, 0.3) is 5.56 Å². The lowest BCUT2D eigenvalue weighted by Gasteiger charge is -2.26. The third-order valence-electron chi connectivity index (χ3n) is 4.21. The van der Waals surface area contributed by atoms with Crippen LogP contribution < -0.4 is 5.56 Å². The Morgan fingerprint density at radius 1 is 1.39 bits per heavy atom. The number of alkyl halides is 3. The first-order valence-electron chi connectivity index (χ1n) is 7.56. The van der Waals surface area contributed by atoms with Gasteiger partial charge in [0, 0.05) is 6.20 Å². The zero-order valence-corrected chi connectivity index (χ0v) is 12.8. The smallest absolute Gasteiger partial charge is 0.434 e. The average Bonchev–Trinajstić information content (AvgIpc) is 2.52. The van der Waals surface area contributed by atoms with E-state index in [-0.39, 0.29) is 5.92 Å². The molecule has 1 saturated carbocycles. The molecule has 0 bridgehead atoms. The van der Waals surface area contributed by atoms with Crippen LogP contribution in [0, 0.1) is 5.92 Å². The lowest BCUT2D eigenvalue weighted by molar-refractivity contribution is -0.147. The topological polar surface area (TPSA) is 61.2 Å². The van der Waals surface area contributed by atoms with E-state index in [1.54, 1.807) is 0 Å². The summed E-state index contributed by atoms with van der Waals surface area (Å²) in [6.07, 6.45) is 1.79. The van der Waals surface area contributed by atoms with Gasteiger partial charge in [-0.2, -0.15) is 13.2 Å². The summed E-state index contributed by atoms with van der Waals surface area (Å²) in [6.45, 7) is 0. The van der Waals surface area contributed by atoms with Crippen LogP contribution in [0.25, 0.3) is 0 Å². The van der Waals surface area contributed by atoms with Crippen molar-refractivity contribution >= 4 is 5.97 Å². The van der Waals surface area contributed by atoms with Crippen LogP contribution in [0.1, 0.15) is 50.3 Å². The third kappa shape index (κ3) is 4.33. The molecule has 1 fully saturated rings. The summed E-state index contributed by atoms with van der Waals surface area (Å²) in [5.74, 6) is -0.515. The maximum atomic E-state index is 12.8. The van der Waals surface area contributed by atoms with Crippen molar-refractivity contribution in [1.82, 2.24) is 9.55 Å². The van der Waals surface area contributed by atoms with E-state index < -0.39 is 29.4 Å². The van der Waals surface area contributed by atoms with Gasteiger partial charge in [0.1, 0.15) is 6.04 Å². The number of aromatic nitrogens is 2. The second-order valence-corrected chi connectivity index (χ2v) is 5.79. The van der Waals surface area contributed by atoms with Gasteiger partial charge in [-0.1, -0.05) is 32.1 Å². The normalized spacial score (nSPS) is 17.7. The summed E-state index contributed by atoms with van der Waals surface area (Å²) < 4.78 is 43.9. The predicted molar refractivity (Wildman–Crippen MR) is 75.7 cm³/mol. The number of rotatable bonds is 4. The van der Waals surface area contributed by atoms with Gasteiger partial charge in [-0.15, -0.1) is 0 Å². The summed E-state index contributed by atoms with van der Waals surface area (Å²) >= 11 is 0. The molecular formula is C15H19F3N2O3. The first-order valence-corrected chi connectivity index (χ1v) is 7.56. The van der Waals surface area contributed by atoms with E-state index in [1.807, 2.05) is 0 Å². The van der Waals surface area contributed by atoms with E-state index in [4.69, 9.17) is 0 Å². The molecule has 0 amide bonds. The standard InChI is InChI=1S/C15H19F3N2O3/c1-23-14(22)11(7-10-5-3-2-4-6-10)20-9-12(15(16,17)18)19-8-13(20)21/h8-11H,2-7H2,1H3. The SMILES string of the molecule is COC(=O)C(CC1CCCCC1)n1cc(C(F)(F)F)ncc1=O. The fraction of sp³-hybridized carbons (Fsp3) is 0.667. The molecule has 0 aromatic carbocycles. The summed E-state index contributed by atoms with van der Waals surface area (Å²) in [4.78, 5) is 27.1. The van der Waals surface area contributed by atoms with Crippen molar-refractivity contribution in [1.29, 1.82) is 0 Å². The quantitative estimate of drug-likeness (QED) is 0.796. The van der Waals surface area contributed by atoms with Crippen LogP contribution in [-0.4, -0.2) is 22.6 Å². The molecule has 1 unspecified atom stereocenters. The minimum Gasteiger partial charge on any atom is -0.467 e. The monoisotopic (exact) mass is 332 g/mol.